The molecule has 3 heteroatoms. The largest absolute Gasteiger partial charge is 0.494 e. The monoisotopic (exact) mass is 155 g/mol. The fraction of sp³-hybridized carbons (Fsp3) is 0.250. The second-order valence-corrected chi connectivity index (χ2v) is 2.36. The number of anilines is 1. The van der Waals surface area contributed by atoms with E-state index in [1.54, 1.807) is 13.0 Å². The summed E-state index contributed by atoms with van der Waals surface area (Å²) in [6.07, 6.45) is 0. The van der Waals surface area contributed by atoms with E-state index in [-0.39, 0.29) is 5.69 Å². The van der Waals surface area contributed by atoms with Crippen molar-refractivity contribution in [3.05, 3.63) is 23.5 Å². The summed E-state index contributed by atoms with van der Waals surface area (Å²) in [6.45, 7) is 1.78. The van der Waals surface area contributed by atoms with Crippen LogP contribution in [-0.2, 0) is 0 Å². The van der Waals surface area contributed by atoms with Gasteiger partial charge >= 0.3 is 0 Å². The lowest BCUT2D eigenvalue weighted by Crippen LogP contribution is -1.96. The molecule has 0 radical (unpaired) electrons. The van der Waals surface area contributed by atoms with Gasteiger partial charge < -0.3 is 10.5 Å². The van der Waals surface area contributed by atoms with E-state index in [9.17, 15) is 4.39 Å². The number of aryl methyl sites for hydroxylation is 1. The maximum absolute atomic E-state index is 12.8. The Hall–Kier alpha value is -1.25. The first-order valence-corrected chi connectivity index (χ1v) is 3.24. The minimum atomic E-state index is -0.429. The van der Waals surface area contributed by atoms with Crippen LogP contribution in [0, 0.1) is 12.7 Å². The summed E-state index contributed by atoms with van der Waals surface area (Å²) in [6, 6.07) is 3.07. The van der Waals surface area contributed by atoms with E-state index in [0.29, 0.717) is 5.75 Å². The third-order valence-corrected chi connectivity index (χ3v) is 1.46. The van der Waals surface area contributed by atoms with Crippen molar-refractivity contribution in [2.24, 2.45) is 0 Å². The number of methoxy groups -OCH3 is 1. The van der Waals surface area contributed by atoms with Gasteiger partial charge in [-0.05, 0) is 24.6 Å². The first-order valence-electron chi connectivity index (χ1n) is 3.24. The summed E-state index contributed by atoms with van der Waals surface area (Å²) in [4.78, 5) is 0. The molecule has 1 aromatic rings. The summed E-state index contributed by atoms with van der Waals surface area (Å²) in [5.41, 5.74) is 6.23. The van der Waals surface area contributed by atoms with Gasteiger partial charge in [-0.2, -0.15) is 0 Å². The number of nitrogen functional groups attached to an aromatic ring is 1. The minimum Gasteiger partial charge on any atom is -0.494 e. The third-order valence-electron chi connectivity index (χ3n) is 1.46. The van der Waals surface area contributed by atoms with Crippen LogP contribution in [0.25, 0.3) is 0 Å². The van der Waals surface area contributed by atoms with Gasteiger partial charge in [-0.25, -0.2) is 4.39 Å². The lowest BCUT2D eigenvalue weighted by molar-refractivity contribution is 0.414. The Morgan fingerprint density at radius 1 is 1.45 bits per heavy atom. The highest BCUT2D eigenvalue weighted by molar-refractivity contribution is 5.54. The minimum absolute atomic E-state index is 0.0677. The van der Waals surface area contributed by atoms with Crippen LogP contribution in [0.4, 0.5) is 10.1 Å². The molecule has 0 aliphatic rings. The smallest absolute Gasteiger partial charge is 0.150 e. The number of halogens is 1. The zero-order valence-electron chi connectivity index (χ0n) is 6.52. The van der Waals surface area contributed by atoms with Gasteiger partial charge in [0.15, 0.2) is 0 Å². The Morgan fingerprint density at radius 3 is 2.64 bits per heavy atom. The number of benzene rings is 1. The van der Waals surface area contributed by atoms with Gasteiger partial charge in [0.2, 0.25) is 0 Å². The molecule has 0 heterocycles. The molecule has 0 amide bonds. The predicted molar refractivity (Wildman–Crippen MR) is 42.1 cm³/mol. The van der Waals surface area contributed by atoms with E-state index < -0.39 is 5.82 Å². The number of hydrogen-bond acceptors (Lipinski definition) is 2. The topological polar surface area (TPSA) is 35.2 Å². The van der Waals surface area contributed by atoms with E-state index in [1.807, 2.05) is 0 Å². The van der Waals surface area contributed by atoms with Crippen LogP contribution in [0.2, 0.25) is 0 Å². The summed E-state index contributed by atoms with van der Waals surface area (Å²) in [5.74, 6) is -0.0376. The molecular formula is C8H10FNO. The van der Waals surface area contributed by atoms with Crippen LogP contribution in [0.5, 0.6) is 5.75 Å². The van der Waals surface area contributed by atoms with Crippen molar-refractivity contribution in [2.75, 3.05) is 12.8 Å². The van der Waals surface area contributed by atoms with Gasteiger partial charge in [0.1, 0.15) is 17.3 Å². The zero-order chi connectivity index (χ0) is 8.43. The maximum atomic E-state index is 12.8. The zero-order valence-corrected chi connectivity index (χ0v) is 6.52. The van der Waals surface area contributed by atoms with Crippen LogP contribution in [0.1, 0.15) is 5.56 Å². The van der Waals surface area contributed by atoms with Crippen molar-refractivity contribution in [1.29, 1.82) is 0 Å². The van der Waals surface area contributed by atoms with Crippen molar-refractivity contribution in [3.63, 3.8) is 0 Å². The summed E-state index contributed by atoms with van der Waals surface area (Å²) in [5, 5.41) is 0. The fourth-order valence-electron chi connectivity index (χ4n) is 0.890. The number of nitrogens with two attached hydrogens (primary N) is 1. The Balaban J connectivity index is 3.24. The van der Waals surface area contributed by atoms with Crippen molar-refractivity contribution < 1.29 is 9.13 Å². The molecule has 2 N–H and O–H groups in total. The van der Waals surface area contributed by atoms with Crippen molar-refractivity contribution in [3.8, 4) is 5.75 Å². The summed E-state index contributed by atoms with van der Waals surface area (Å²) < 4.78 is 17.7. The van der Waals surface area contributed by atoms with Crippen LogP contribution in [0.15, 0.2) is 12.1 Å². The molecule has 0 spiro atoms. The number of hydrogen-bond donors (Lipinski definition) is 1. The van der Waals surface area contributed by atoms with E-state index in [4.69, 9.17) is 10.5 Å². The molecule has 2 nitrogen and oxygen atoms in total. The molecule has 0 fully saturated rings. The van der Waals surface area contributed by atoms with Crippen molar-refractivity contribution in [2.45, 2.75) is 6.92 Å². The highest BCUT2D eigenvalue weighted by atomic mass is 19.1. The maximum Gasteiger partial charge on any atom is 0.150 e. The molecule has 0 saturated carbocycles. The van der Waals surface area contributed by atoms with E-state index in [0.717, 1.165) is 5.56 Å². The second kappa shape index (κ2) is 2.78. The molecule has 1 aromatic carbocycles. The quantitative estimate of drug-likeness (QED) is 0.627. The van der Waals surface area contributed by atoms with E-state index in [1.165, 1.54) is 13.2 Å². The molecule has 0 unspecified atom stereocenters. The summed E-state index contributed by atoms with van der Waals surface area (Å²) >= 11 is 0. The lowest BCUT2D eigenvalue weighted by Gasteiger charge is -2.05. The SMILES string of the molecule is COc1cc(C)cc(F)c1N. The predicted octanol–water partition coefficient (Wildman–Crippen LogP) is 1.72. The van der Waals surface area contributed by atoms with Gasteiger partial charge in [-0.15, -0.1) is 0 Å². The Labute approximate surface area is 64.8 Å². The molecule has 0 atom stereocenters. The Morgan fingerprint density at radius 2 is 2.09 bits per heavy atom. The fourth-order valence-corrected chi connectivity index (χ4v) is 0.890. The normalized spacial score (nSPS) is 9.73. The van der Waals surface area contributed by atoms with Crippen molar-refractivity contribution >= 4 is 5.69 Å². The Bertz CT molecular complexity index is 273. The average Bonchev–Trinajstić information content (AvgIpc) is 1.96. The first-order chi connectivity index (χ1) is 5.15. The first kappa shape index (κ1) is 7.85. The van der Waals surface area contributed by atoms with Crippen LogP contribution in [-0.4, -0.2) is 7.11 Å². The highest BCUT2D eigenvalue weighted by Gasteiger charge is 2.05. The van der Waals surface area contributed by atoms with Crippen LogP contribution in [0.3, 0.4) is 0 Å². The van der Waals surface area contributed by atoms with Gasteiger partial charge in [0, 0.05) is 0 Å². The molecule has 0 aliphatic heterocycles. The van der Waals surface area contributed by atoms with E-state index in [2.05, 4.69) is 0 Å². The van der Waals surface area contributed by atoms with Crippen LogP contribution < -0.4 is 10.5 Å². The van der Waals surface area contributed by atoms with Crippen molar-refractivity contribution in [1.82, 2.24) is 0 Å². The second-order valence-electron chi connectivity index (χ2n) is 2.36. The number of rotatable bonds is 1. The molecule has 0 aromatic heterocycles. The molecule has 0 saturated heterocycles. The van der Waals surface area contributed by atoms with E-state index >= 15 is 0 Å². The Kier molecular flexibility index (Phi) is 1.98. The molecule has 1 rings (SSSR count). The highest BCUT2D eigenvalue weighted by Crippen LogP contribution is 2.25. The molecule has 11 heavy (non-hydrogen) atoms. The van der Waals surface area contributed by atoms with Gasteiger partial charge in [0.25, 0.3) is 0 Å². The molecule has 60 valence electrons. The molecular weight excluding hydrogens is 145 g/mol. The third kappa shape index (κ3) is 1.42. The van der Waals surface area contributed by atoms with Gasteiger partial charge in [-0.1, -0.05) is 0 Å². The van der Waals surface area contributed by atoms with Crippen LogP contribution >= 0.6 is 0 Å². The number of ether oxygens (including phenoxy) is 1. The lowest BCUT2D eigenvalue weighted by atomic mass is 10.2. The standard InChI is InChI=1S/C8H10FNO/c1-5-3-6(9)8(10)7(4-5)11-2/h3-4H,10H2,1-2H3. The summed E-state index contributed by atoms with van der Waals surface area (Å²) in [7, 11) is 1.46. The van der Waals surface area contributed by atoms with Gasteiger partial charge in [0.05, 0.1) is 7.11 Å². The van der Waals surface area contributed by atoms with Gasteiger partial charge in [-0.3, -0.25) is 0 Å². The molecule has 0 aliphatic carbocycles. The average molecular weight is 155 g/mol. The molecule has 0 bridgehead atoms.